The summed E-state index contributed by atoms with van der Waals surface area (Å²) < 4.78 is 9.04. The molecule has 0 radical (unpaired) electrons. The number of furan rings is 1. The largest absolute Gasteiger partial charge is 0.456 e. The van der Waals surface area contributed by atoms with Crippen molar-refractivity contribution in [3.63, 3.8) is 0 Å². The minimum atomic E-state index is 0.0503. The second kappa shape index (κ2) is 13.2. The van der Waals surface area contributed by atoms with Crippen molar-refractivity contribution in [2.75, 3.05) is 0 Å². The molecule has 0 N–H and O–H groups in total. The molecule has 3 aromatic heterocycles. The monoisotopic (exact) mass is 718 g/mol. The van der Waals surface area contributed by atoms with Crippen molar-refractivity contribution >= 4 is 43.7 Å². The lowest BCUT2D eigenvalue weighted by Crippen LogP contribution is -2.08. The molecule has 264 valence electrons. The second-order valence-corrected chi connectivity index (χ2v) is 14.4. The van der Waals surface area contributed by atoms with Crippen LogP contribution < -0.4 is 0 Å². The topological polar surface area (TPSA) is 56.7 Å². The third-order valence-corrected chi connectivity index (χ3v) is 11.0. The van der Waals surface area contributed by atoms with E-state index >= 15 is 0 Å². The van der Waals surface area contributed by atoms with Crippen molar-refractivity contribution < 1.29 is 4.42 Å². The normalized spacial score (nSPS) is 14.0. The lowest BCUT2D eigenvalue weighted by atomic mass is 9.99. The fourth-order valence-corrected chi connectivity index (χ4v) is 8.25. The smallest absolute Gasteiger partial charge is 0.164 e. The SMILES string of the molecule is C1=CCC(c2nc(-c3cccc(-c4ccccc4)c3)nc(-c3cccc4oc5cc(-n6c7ccccc7c7ccc(-c8ccccc8)cc76)ccc5c34)n2)C=C1. The molecule has 0 aliphatic heterocycles. The molecule has 56 heavy (non-hydrogen) atoms. The lowest BCUT2D eigenvalue weighted by molar-refractivity contribution is 0.668. The maximum Gasteiger partial charge on any atom is 0.164 e. The van der Waals surface area contributed by atoms with Crippen LogP contribution in [-0.2, 0) is 0 Å². The average Bonchev–Trinajstić information content (AvgIpc) is 3.82. The van der Waals surface area contributed by atoms with E-state index in [4.69, 9.17) is 19.4 Å². The van der Waals surface area contributed by atoms with Crippen molar-refractivity contribution in [1.29, 1.82) is 0 Å². The quantitative estimate of drug-likeness (QED) is 0.172. The molecule has 11 rings (SSSR count). The molecule has 1 aliphatic carbocycles. The zero-order valence-corrected chi connectivity index (χ0v) is 30.4. The minimum absolute atomic E-state index is 0.0503. The van der Waals surface area contributed by atoms with Crippen molar-refractivity contribution in [1.82, 2.24) is 19.5 Å². The van der Waals surface area contributed by atoms with E-state index in [0.29, 0.717) is 11.6 Å². The van der Waals surface area contributed by atoms with Gasteiger partial charge in [-0.2, -0.15) is 0 Å². The fourth-order valence-electron chi connectivity index (χ4n) is 8.25. The van der Waals surface area contributed by atoms with Crippen LogP contribution in [0, 0.1) is 0 Å². The Labute approximate surface area is 323 Å². The van der Waals surface area contributed by atoms with Crippen LogP contribution >= 0.6 is 0 Å². The van der Waals surface area contributed by atoms with E-state index in [1.165, 1.54) is 21.9 Å². The Morgan fingerprint density at radius 3 is 2.00 bits per heavy atom. The molecular formula is C51H34N4O. The average molecular weight is 719 g/mol. The number of para-hydroxylation sites is 1. The van der Waals surface area contributed by atoms with Gasteiger partial charge in [-0.1, -0.05) is 146 Å². The summed E-state index contributed by atoms with van der Waals surface area (Å²) in [5.41, 5.74) is 11.4. The van der Waals surface area contributed by atoms with Crippen LogP contribution in [0.4, 0.5) is 0 Å². The van der Waals surface area contributed by atoms with Gasteiger partial charge in [0.1, 0.15) is 17.0 Å². The molecule has 1 unspecified atom stereocenters. The summed E-state index contributed by atoms with van der Waals surface area (Å²) in [6.07, 6.45) is 9.34. The third kappa shape index (κ3) is 5.44. The highest BCUT2D eigenvalue weighted by Gasteiger charge is 2.21. The number of allylic oxidation sites excluding steroid dienone is 4. The summed E-state index contributed by atoms with van der Waals surface area (Å²) in [7, 11) is 0. The maximum atomic E-state index is 6.69. The van der Waals surface area contributed by atoms with Gasteiger partial charge in [0.05, 0.1) is 11.0 Å². The van der Waals surface area contributed by atoms with Crippen molar-refractivity contribution in [3.05, 3.63) is 194 Å². The first-order valence-corrected chi connectivity index (χ1v) is 19.0. The minimum Gasteiger partial charge on any atom is -0.456 e. The molecule has 5 heteroatoms. The Morgan fingerprint density at radius 2 is 1.18 bits per heavy atom. The van der Waals surface area contributed by atoms with Gasteiger partial charge in [-0.3, -0.25) is 0 Å². The Bertz CT molecular complexity index is 3170. The Kier molecular flexibility index (Phi) is 7.56. The molecule has 1 aliphatic rings. The molecule has 0 amide bonds. The molecular weight excluding hydrogens is 685 g/mol. The maximum absolute atomic E-state index is 6.69. The van der Waals surface area contributed by atoms with Crippen LogP contribution in [0.1, 0.15) is 18.2 Å². The number of rotatable bonds is 6. The highest BCUT2D eigenvalue weighted by molar-refractivity contribution is 6.13. The number of aromatic nitrogens is 4. The van der Waals surface area contributed by atoms with E-state index in [9.17, 15) is 0 Å². The summed E-state index contributed by atoms with van der Waals surface area (Å²) in [5.74, 6) is 2.09. The molecule has 7 aromatic carbocycles. The van der Waals surface area contributed by atoms with E-state index in [-0.39, 0.29) is 5.92 Å². The van der Waals surface area contributed by atoms with Crippen LogP contribution in [0.15, 0.2) is 193 Å². The summed E-state index contributed by atoms with van der Waals surface area (Å²) in [6.45, 7) is 0. The standard InChI is InChI=1S/C51H34N4O/c1-4-14-33(15-5-1)36-20-12-21-38(30-36)50-52-49(35-18-8-3-9-19-35)53-51(54-50)43-23-13-25-46-48(43)42-29-27-39(32-47(42)56-46)55-44-24-11-10-22-40(44)41-28-26-37(31-45(41)55)34-16-6-2-7-17-34/h1-18,20-32,35H,19H2. The lowest BCUT2D eigenvalue weighted by Gasteiger charge is -2.15. The number of hydrogen-bond acceptors (Lipinski definition) is 4. The highest BCUT2D eigenvalue weighted by Crippen LogP contribution is 2.40. The van der Waals surface area contributed by atoms with Crippen LogP contribution in [0.2, 0.25) is 0 Å². The Morgan fingerprint density at radius 1 is 0.482 bits per heavy atom. The van der Waals surface area contributed by atoms with Crippen molar-refractivity contribution in [3.8, 4) is 50.7 Å². The first kappa shape index (κ1) is 32.1. The Hall–Kier alpha value is -7.37. The summed E-state index contributed by atoms with van der Waals surface area (Å²) in [5, 5.41) is 4.43. The number of fused-ring (bicyclic) bond motifs is 6. The van der Waals surface area contributed by atoms with Crippen LogP contribution in [-0.4, -0.2) is 19.5 Å². The van der Waals surface area contributed by atoms with Gasteiger partial charge < -0.3 is 8.98 Å². The molecule has 0 saturated heterocycles. The highest BCUT2D eigenvalue weighted by atomic mass is 16.3. The van der Waals surface area contributed by atoms with Gasteiger partial charge in [0.25, 0.3) is 0 Å². The molecule has 3 heterocycles. The van der Waals surface area contributed by atoms with Gasteiger partial charge in [-0.25, -0.2) is 15.0 Å². The molecule has 0 saturated carbocycles. The second-order valence-electron chi connectivity index (χ2n) is 14.4. The Balaban J connectivity index is 1.08. The number of benzene rings is 7. The predicted molar refractivity (Wildman–Crippen MR) is 229 cm³/mol. The van der Waals surface area contributed by atoms with E-state index in [2.05, 4.69) is 174 Å². The zero-order chi connectivity index (χ0) is 37.0. The molecule has 5 nitrogen and oxygen atoms in total. The first-order chi connectivity index (χ1) is 27.7. The van der Waals surface area contributed by atoms with Gasteiger partial charge in [-0.15, -0.1) is 0 Å². The van der Waals surface area contributed by atoms with E-state index in [1.54, 1.807) is 0 Å². The molecule has 10 aromatic rings. The van der Waals surface area contributed by atoms with E-state index in [0.717, 1.165) is 73.2 Å². The van der Waals surface area contributed by atoms with Gasteiger partial charge >= 0.3 is 0 Å². The van der Waals surface area contributed by atoms with Gasteiger partial charge in [0.15, 0.2) is 11.6 Å². The van der Waals surface area contributed by atoms with Crippen LogP contribution in [0.5, 0.6) is 0 Å². The fraction of sp³-hybridized carbons (Fsp3) is 0.0392. The van der Waals surface area contributed by atoms with Crippen molar-refractivity contribution in [2.24, 2.45) is 0 Å². The number of nitrogens with zero attached hydrogens (tertiary/aromatic N) is 4. The van der Waals surface area contributed by atoms with E-state index in [1.807, 2.05) is 18.2 Å². The van der Waals surface area contributed by atoms with Crippen molar-refractivity contribution in [2.45, 2.75) is 12.3 Å². The number of hydrogen-bond donors (Lipinski definition) is 0. The van der Waals surface area contributed by atoms with Crippen LogP contribution in [0.3, 0.4) is 0 Å². The zero-order valence-electron chi connectivity index (χ0n) is 30.4. The van der Waals surface area contributed by atoms with Gasteiger partial charge in [0.2, 0.25) is 0 Å². The summed E-state index contributed by atoms with van der Waals surface area (Å²) in [4.78, 5) is 15.5. The van der Waals surface area contributed by atoms with Crippen LogP contribution in [0.25, 0.3) is 94.5 Å². The molecule has 1 atom stereocenters. The predicted octanol–water partition coefficient (Wildman–Crippen LogP) is 13.1. The van der Waals surface area contributed by atoms with E-state index < -0.39 is 0 Å². The van der Waals surface area contributed by atoms with Gasteiger partial charge in [-0.05, 0) is 65.1 Å². The first-order valence-electron chi connectivity index (χ1n) is 19.0. The molecule has 0 bridgehead atoms. The molecule has 0 spiro atoms. The molecule has 0 fully saturated rings. The summed E-state index contributed by atoms with van der Waals surface area (Å²) >= 11 is 0. The third-order valence-electron chi connectivity index (χ3n) is 11.0. The van der Waals surface area contributed by atoms with Gasteiger partial charge in [0, 0.05) is 50.3 Å². The summed E-state index contributed by atoms with van der Waals surface area (Å²) in [6, 6.07) is 57.5.